The first-order valence-electron chi connectivity index (χ1n) is 12.1. The molecule has 8 heteroatoms. The fraction of sp³-hybridized carbons (Fsp3) is 0.0645. The summed E-state index contributed by atoms with van der Waals surface area (Å²) in [5.41, 5.74) is 7.83. The summed E-state index contributed by atoms with van der Waals surface area (Å²) in [6.07, 6.45) is 1.50. The number of hydrazone groups is 1. The number of carbonyl (C=O) groups is 2. The van der Waals surface area contributed by atoms with Crippen molar-refractivity contribution in [3.05, 3.63) is 117 Å². The fourth-order valence-corrected chi connectivity index (χ4v) is 4.81. The maximum atomic E-state index is 13.2. The van der Waals surface area contributed by atoms with Crippen molar-refractivity contribution in [1.29, 1.82) is 0 Å². The number of aromatic amines is 1. The number of ether oxygens (including phenoxy) is 2. The molecule has 4 aromatic carbocycles. The lowest BCUT2D eigenvalue weighted by Crippen LogP contribution is -2.18. The van der Waals surface area contributed by atoms with Crippen molar-refractivity contribution in [2.75, 3.05) is 7.11 Å². The summed E-state index contributed by atoms with van der Waals surface area (Å²) in [4.78, 5) is 29.0. The normalized spacial score (nSPS) is 11.1. The number of para-hydroxylation sites is 1. The first-order valence-corrected chi connectivity index (χ1v) is 13.2. The molecule has 7 nitrogen and oxygen atoms in total. The molecular formula is C31H24IN3O4. The van der Waals surface area contributed by atoms with Gasteiger partial charge in [-0.3, -0.25) is 4.79 Å². The summed E-state index contributed by atoms with van der Waals surface area (Å²) >= 11 is 2.25. The number of hydrogen-bond acceptors (Lipinski definition) is 5. The summed E-state index contributed by atoms with van der Waals surface area (Å²) in [5.74, 6) is -0.205. The van der Waals surface area contributed by atoms with E-state index in [4.69, 9.17) is 9.47 Å². The van der Waals surface area contributed by atoms with Crippen LogP contribution in [0.25, 0.3) is 22.0 Å². The summed E-state index contributed by atoms with van der Waals surface area (Å²) in [6, 6.07) is 27.9. The van der Waals surface area contributed by atoms with Gasteiger partial charge < -0.3 is 14.5 Å². The number of carbonyl (C=O) groups excluding carboxylic acids is 2. The minimum Gasteiger partial charge on any atom is -0.493 e. The smallest absolute Gasteiger partial charge is 0.343 e. The van der Waals surface area contributed by atoms with Gasteiger partial charge in [-0.05, 0) is 77.0 Å². The number of amides is 1. The van der Waals surface area contributed by atoms with E-state index in [-0.39, 0.29) is 11.7 Å². The lowest BCUT2D eigenvalue weighted by molar-refractivity contribution is 0.0729. The Balaban J connectivity index is 1.35. The highest BCUT2D eigenvalue weighted by Gasteiger charge is 2.20. The van der Waals surface area contributed by atoms with Crippen molar-refractivity contribution in [3.63, 3.8) is 0 Å². The number of fused-ring (bicyclic) bond motifs is 1. The topological polar surface area (TPSA) is 92.8 Å². The third-order valence-electron chi connectivity index (χ3n) is 6.13. The molecule has 194 valence electrons. The van der Waals surface area contributed by atoms with Gasteiger partial charge in [0.05, 0.1) is 24.4 Å². The first-order chi connectivity index (χ1) is 18.9. The van der Waals surface area contributed by atoms with Crippen molar-refractivity contribution in [2.24, 2.45) is 5.10 Å². The van der Waals surface area contributed by atoms with Gasteiger partial charge in [0.15, 0.2) is 11.5 Å². The van der Waals surface area contributed by atoms with Crippen LogP contribution in [0.1, 0.15) is 32.0 Å². The van der Waals surface area contributed by atoms with Crippen LogP contribution in [0.4, 0.5) is 0 Å². The quantitative estimate of drug-likeness (QED) is 0.0686. The molecule has 0 bridgehead atoms. The number of nitrogens with zero attached hydrogens (tertiary/aromatic N) is 1. The number of benzene rings is 4. The molecule has 1 amide bonds. The molecule has 0 saturated carbocycles. The Morgan fingerprint density at radius 2 is 1.69 bits per heavy atom. The Hall–Kier alpha value is -4.44. The highest BCUT2D eigenvalue weighted by Crippen LogP contribution is 2.34. The number of H-pyrrole nitrogens is 1. The molecule has 0 spiro atoms. The first kappa shape index (κ1) is 26.2. The summed E-state index contributed by atoms with van der Waals surface area (Å²) in [6.45, 7) is 1.95. The number of methoxy groups -OCH3 is 1. The third-order valence-corrected chi connectivity index (χ3v) is 7.03. The zero-order valence-corrected chi connectivity index (χ0v) is 23.4. The van der Waals surface area contributed by atoms with Crippen LogP contribution in [-0.4, -0.2) is 30.2 Å². The molecule has 0 fully saturated rings. The summed E-state index contributed by atoms with van der Waals surface area (Å²) in [5, 5.41) is 5.12. The standard InChI is InChI=1S/C31H24IN3O4/c1-19-11-14-22(15-12-19)31(37)39-25-16-13-20(17-26(25)38-2)18-33-35-30(36)29-27(21-7-4-3-5-8-21)23-9-6-10-24(32)28(23)34-29/h3-18,34H,1-2H3,(H,35,36). The molecule has 0 atom stereocenters. The minimum absolute atomic E-state index is 0.282. The van der Waals surface area contributed by atoms with Crippen LogP contribution < -0.4 is 14.9 Å². The number of rotatable bonds is 7. The molecule has 1 heterocycles. The van der Waals surface area contributed by atoms with E-state index in [1.807, 2.05) is 67.6 Å². The molecule has 1 aromatic heterocycles. The van der Waals surface area contributed by atoms with Crippen LogP contribution in [0, 0.1) is 10.5 Å². The number of aromatic nitrogens is 1. The maximum absolute atomic E-state index is 13.2. The molecule has 0 saturated heterocycles. The molecule has 2 N–H and O–H groups in total. The fourth-order valence-electron chi connectivity index (χ4n) is 4.18. The highest BCUT2D eigenvalue weighted by atomic mass is 127. The Kier molecular flexibility index (Phi) is 7.74. The van der Waals surface area contributed by atoms with Gasteiger partial charge in [-0.25, -0.2) is 10.2 Å². The number of aryl methyl sites for hydroxylation is 1. The average Bonchev–Trinajstić information content (AvgIpc) is 3.35. The van der Waals surface area contributed by atoms with Gasteiger partial charge in [0, 0.05) is 14.5 Å². The van der Waals surface area contributed by atoms with Gasteiger partial charge in [-0.1, -0.05) is 60.2 Å². The Bertz CT molecular complexity index is 1690. The van der Waals surface area contributed by atoms with Crippen LogP contribution in [0.5, 0.6) is 11.5 Å². The number of halogens is 1. The van der Waals surface area contributed by atoms with Crippen molar-refractivity contribution in [3.8, 4) is 22.6 Å². The maximum Gasteiger partial charge on any atom is 0.343 e. The lowest BCUT2D eigenvalue weighted by atomic mass is 10.0. The monoisotopic (exact) mass is 629 g/mol. The van der Waals surface area contributed by atoms with Crippen LogP contribution >= 0.6 is 22.6 Å². The summed E-state index contributed by atoms with van der Waals surface area (Å²) < 4.78 is 12.0. The van der Waals surface area contributed by atoms with E-state index in [2.05, 4.69) is 38.1 Å². The van der Waals surface area contributed by atoms with Gasteiger partial charge >= 0.3 is 5.97 Å². The predicted octanol–water partition coefficient (Wildman–Crippen LogP) is 6.74. The van der Waals surface area contributed by atoms with E-state index in [1.165, 1.54) is 13.3 Å². The van der Waals surface area contributed by atoms with Crippen molar-refractivity contribution in [2.45, 2.75) is 6.92 Å². The molecular weight excluding hydrogens is 605 g/mol. The second-order valence-corrected chi connectivity index (χ2v) is 9.93. The molecule has 39 heavy (non-hydrogen) atoms. The summed E-state index contributed by atoms with van der Waals surface area (Å²) in [7, 11) is 1.49. The molecule has 0 aliphatic carbocycles. The third kappa shape index (κ3) is 5.70. The van der Waals surface area contributed by atoms with Crippen LogP contribution in [0.2, 0.25) is 0 Å². The van der Waals surface area contributed by atoms with Crippen molar-refractivity contribution >= 4 is 51.6 Å². The van der Waals surface area contributed by atoms with E-state index in [1.54, 1.807) is 30.3 Å². The van der Waals surface area contributed by atoms with Crippen LogP contribution in [0.15, 0.2) is 96.1 Å². The number of hydrogen-bond donors (Lipinski definition) is 2. The number of nitrogens with one attached hydrogen (secondary N) is 2. The van der Waals surface area contributed by atoms with Gasteiger partial charge in [0.2, 0.25) is 0 Å². The molecule has 5 aromatic rings. The zero-order valence-electron chi connectivity index (χ0n) is 21.2. The Morgan fingerprint density at radius 1 is 0.923 bits per heavy atom. The van der Waals surface area contributed by atoms with E-state index in [9.17, 15) is 9.59 Å². The van der Waals surface area contributed by atoms with Crippen LogP contribution in [-0.2, 0) is 0 Å². The van der Waals surface area contributed by atoms with E-state index < -0.39 is 5.97 Å². The second-order valence-electron chi connectivity index (χ2n) is 8.77. The number of esters is 1. The molecule has 5 rings (SSSR count). The van der Waals surface area contributed by atoms with Gasteiger partial charge in [0.25, 0.3) is 5.91 Å². The molecule has 0 unspecified atom stereocenters. The molecule has 0 aliphatic rings. The lowest BCUT2D eigenvalue weighted by Gasteiger charge is -2.10. The van der Waals surface area contributed by atoms with Crippen molar-refractivity contribution in [1.82, 2.24) is 10.4 Å². The van der Waals surface area contributed by atoms with Crippen LogP contribution in [0.3, 0.4) is 0 Å². The van der Waals surface area contributed by atoms with E-state index >= 15 is 0 Å². The molecule has 0 aliphatic heterocycles. The predicted molar refractivity (Wildman–Crippen MR) is 161 cm³/mol. The molecule has 0 radical (unpaired) electrons. The highest BCUT2D eigenvalue weighted by molar-refractivity contribution is 14.1. The van der Waals surface area contributed by atoms with Gasteiger partial charge in [-0.15, -0.1) is 0 Å². The van der Waals surface area contributed by atoms with Crippen molar-refractivity contribution < 1.29 is 19.1 Å². The zero-order chi connectivity index (χ0) is 27.4. The second kappa shape index (κ2) is 11.5. The van der Waals surface area contributed by atoms with E-state index in [0.717, 1.165) is 31.2 Å². The Labute approximate surface area is 239 Å². The van der Waals surface area contributed by atoms with E-state index in [0.29, 0.717) is 22.6 Å². The SMILES string of the molecule is COc1cc(C=NNC(=O)c2[nH]c3c(I)cccc3c2-c2ccccc2)ccc1OC(=O)c1ccc(C)cc1. The largest absolute Gasteiger partial charge is 0.493 e. The average molecular weight is 629 g/mol. The van der Waals surface area contributed by atoms with Gasteiger partial charge in [0.1, 0.15) is 5.69 Å². The Morgan fingerprint density at radius 3 is 2.44 bits per heavy atom. The van der Waals surface area contributed by atoms with Gasteiger partial charge in [-0.2, -0.15) is 5.10 Å². The minimum atomic E-state index is -0.482.